The quantitative estimate of drug-likeness (QED) is 0.761. The van der Waals surface area contributed by atoms with Crippen molar-refractivity contribution in [3.05, 3.63) is 12.5 Å². The van der Waals surface area contributed by atoms with Crippen molar-refractivity contribution >= 4 is 10.0 Å². The Kier molecular flexibility index (Phi) is 4.17. The van der Waals surface area contributed by atoms with Gasteiger partial charge in [-0.3, -0.25) is 0 Å². The van der Waals surface area contributed by atoms with E-state index in [0.717, 1.165) is 18.8 Å². The van der Waals surface area contributed by atoms with Crippen LogP contribution in [0.1, 0.15) is 38.5 Å². The number of rotatable bonds is 6. The lowest BCUT2D eigenvalue weighted by molar-refractivity contribution is 0.480. The van der Waals surface area contributed by atoms with E-state index in [4.69, 9.17) is 0 Å². The smallest absolute Gasteiger partial charge is 0.257 e. The molecule has 17 heavy (non-hydrogen) atoms. The molecule has 0 aliphatic heterocycles. The van der Waals surface area contributed by atoms with Crippen LogP contribution >= 0.6 is 0 Å². The van der Waals surface area contributed by atoms with Gasteiger partial charge in [-0.15, -0.1) is 0 Å². The van der Waals surface area contributed by atoms with Crippen LogP contribution in [0.3, 0.4) is 0 Å². The van der Waals surface area contributed by atoms with Gasteiger partial charge in [-0.05, 0) is 18.8 Å². The molecule has 1 saturated carbocycles. The second-order valence-electron chi connectivity index (χ2n) is 4.61. The van der Waals surface area contributed by atoms with E-state index in [2.05, 4.69) is 14.7 Å². The monoisotopic (exact) mass is 257 g/mol. The highest BCUT2D eigenvalue weighted by Crippen LogP contribution is 2.28. The second-order valence-corrected chi connectivity index (χ2v) is 6.34. The summed E-state index contributed by atoms with van der Waals surface area (Å²) in [6.45, 7) is 0.512. The zero-order valence-corrected chi connectivity index (χ0v) is 10.7. The second kappa shape index (κ2) is 5.64. The van der Waals surface area contributed by atoms with Crippen LogP contribution in [0.2, 0.25) is 0 Å². The molecule has 1 aromatic heterocycles. The molecule has 0 saturated heterocycles. The van der Waals surface area contributed by atoms with Gasteiger partial charge in [0.2, 0.25) is 0 Å². The highest BCUT2D eigenvalue weighted by molar-refractivity contribution is 7.89. The molecule has 5 nitrogen and oxygen atoms in total. The number of nitrogens with one attached hydrogen (secondary N) is 2. The third-order valence-electron chi connectivity index (χ3n) is 3.32. The molecule has 1 heterocycles. The van der Waals surface area contributed by atoms with Gasteiger partial charge in [0.1, 0.15) is 0 Å². The van der Waals surface area contributed by atoms with E-state index < -0.39 is 10.0 Å². The first-order chi connectivity index (χ1) is 8.18. The van der Waals surface area contributed by atoms with Crippen molar-refractivity contribution in [3.63, 3.8) is 0 Å². The first-order valence-corrected chi connectivity index (χ1v) is 7.65. The van der Waals surface area contributed by atoms with Crippen LogP contribution in [0.5, 0.6) is 0 Å². The van der Waals surface area contributed by atoms with Gasteiger partial charge in [0.25, 0.3) is 10.0 Å². The Balaban J connectivity index is 1.71. The molecule has 1 aliphatic carbocycles. The molecule has 1 aliphatic rings. The van der Waals surface area contributed by atoms with Crippen LogP contribution in [-0.2, 0) is 10.0 Å². The van der Waals surface area contributed by atoms with Crippen LogP contribution in [0.15, 0.2) is 17.6 Å². The highest BCUT2D eigenvalue weighted by Gasteiger charge is 2.16. The van der Waals surface area contributed by atoms with Gasteiger partial charge in [-0.25, -0.2) is 18.1 Å². The molecule has 0 spiro atoms. The summed E-state index contributed by atoms with van der Waals surface area (Å²) >= 11 is 0. The first-order valence-electron chi connectivity index (χ1n) is 6.16. The molecule has 0 atom stereocenters. The molecule has 96 valence electrons. The molecule has 0 amide bonds. The molecule has 1 fully saturated rings. The number of aromatic nitrogens is 2. The van der Waals surface area contributed by atoms with E-state index in [1.165, 1.54) is 38.2 Å². The molecule has 2 N–H and O–H groups in total. The predicted octanol–water partition coefficient (Wildman–Crippen LogP) is 1.66. The normalized spacial score (nSPS) is 17.6. The SMILES string of the molecule is O=S(=O)(NCCCC1CCCC1)c1cnc[nH]1. The molecular weight excluding hydrogens is 238 g/mol. The third-order valence-corrected chi connectivity index (χ3v) is 4.71. The van der Waals surface area contributed by atoms with Crippen molar-refractivity contribution < 1.29 is 8.42 Å². The topological polar surface area (TPSA) is 74.8 Å². The standard InChI is InChI=1S/C11H19N3O2S/c15-17(16,11-8-12-9-13-11)14-7-3-6-10-4-1-2-5-10/h8-10,14H,1-7H2,(H,12,13). The van der Waals surface area contributed by atoms with Crippen molar-refractivity contribution in [1.82, 2.24) is 14.7 Å². The van der Waals surface area contributed by atoms with Gasteiger partial charge in [0, 0.05) is 6.54 Å². The van der Waals surface area contributed by atoms with Crippen LogP contribution in [0.25, 0.3) is 0 Å². The molecule has 1 aromatic rings. The number of aromatic amines is 1. The van der Waals surface area contributed by atoms with Gasteiger partial charge < -0.3 is 4.98 Å². The summed E-state index contributed by atoms with van der Waals surface area (Å²) in [6, 6.07) is 0. The van der Waals surface area contributed by atoms with Crippen molar-refractivity contribution in [3.8, 4) is 0 Å². The molecule has 2 rings (SSSR count). The summed E-state index contributed by atoms with van der Waals surface area (Å²) in [7, 11) is -3.38. The Morgan fingerprint density at radius 3 is 2.82 bits per heavy atom. The maximum Gasteiger partial charge on any atom is 0.257 e. The number of imidazole rings is 1. The highest BCUT2D eigenvalue weighted by atomic mass is 32.2. The van der Waals surface area contributed by atoms with Gasteiger partial charge in [-0.1, -0.05) is 25.7 Å². The Labute approximate surface area is 102 Å². The molecular formula is C11H19N3O2S. The lowest BCUT2D eigenvalue weighted by Gasteiger charge is -2.08. The van der Waals surface area contributed by atoms with Gasteiger partial charge in [-0.2, -0.15) is 0 Å². The van der Waals surface area contributed by atoms with Crippen molar-refractivity contribution in [2.75, 3.05) is 6.54 Å². The largest absolute Gasteiger partial charge is 0.335 e. The van der Waals surface area contributed by atoms with Crippen LogP contribution in [0, 0.1) is 5.92 Å². The van der Waals surface area contributed by atoms with E-state index in [1.807, 2.05) is 0 Å². The van der Waals surface area contributed by atoms with Crippen molar-refractivity contribution in [2.24, 2.45) is 5.92 Å². The zero-order valence-electron chi connectivity index (χ0n) is 9.85. The summed E-state index contributed by atoms with van der Waals surface area (Å²) in [5, 5.41) is 0.137. The van der Waals surface area contributed by atoms with Crippen LogP contribution in [-0.4, -0.2) is 24.9 Å². The van der Waals surface area contributed by atoms with E-state index >= 15 is 0 Å². The number of H-pyrrole nitrogens is 1. The number of nitrogens with zero attached hydrogens (tertiary/aromatic N) is 1. The fourth-order valence-electron chi connectivity index (χ4n) is 2.36. The van der Waals surface area contributed by atoms with E-state index in [0.29, 0.717) is 6.54 Å². The van der Waals surface area contributed by atoms with E-state index in [-0.39, 0.29) is 5.03 Å². The van der Waals surface area contributed by atoms with E-state index in [9.17, 15) is 8.42 Å². The minimum Gasteiger partial charge on any atom is -0.335 e. The summed E-state index contributed by atoms with van der Waals surface area (Å²) in [6.07, 6.45) is 10.0. The van der Waals surface area contributed by atoms with Gasteiger partial charge in [0.15, 0.2) is 5.03 Å². The Bertz CT molecular complexity index is 422. The fourth-order valence-corrected chi connectivity index (χ4v) is 3.34. The predicted molar refractivity (Wildman–Crippen MR) is 65.0 cm³/mol. The lowest BCUT2D eigenvalue weighted by Crippen LogP contribution is -2.25. The van der Waals surface area contributed by atoms with Crippen molar-refractivity contribution in [1.29, 1.82) is 0 Å². The average Bonchev–Trinajstić information content (AvgIpc) is 2.97. The number of hydrogen-bond acceptors (Lipinski definition) is 3. The minimum atomic E-state index is -3.38. The van der Waals surface area contributed by atoms with Gasteiger partial charge in [0.05, 0.1) is 12.5 Å². The van der Waals surface area contributed by atoms with E-state index in [1.54, 1.807) is 0 Å². The lowest BCUT2D eigenvalue weighted by atomic mass is 10.0. The summed E-state index contributed by atoms with van der Waals surface area (Å²) in [5.41, 5.74) is 0. The summed E-state index contributed by atoms with van der Waals surface area (Å²) < 4.78 is 26.0. The zero-order chi connectivity index (χ0) is 12.1. The minimum absolute atomic E-state index is 0.137. The fraction of sp³-hybridized carbons (Fsp3) is 0.727. The molecule has 0 unspecified atom stereocenters. The Morgan fingerprint density at radius 2 is 2.18 bits per heavy atom. The Hall–Kier alpha value is -0.880. The van der Waals surface area contributed by atoms with Crippen LogP contribution < -0.4 is 4.72 Å². The van der Waals surface area contributed by atoms with Gasteiger partial charge >= 0.3 is 0 Å². The Morgan fingerprint density at radius 1 is 1.41 bits per heavy atom. The number of sulfonamides is 1. The van der Waals surface area contributed by atoms with Crippen LogP contribution in [0.4, 0.5) is 0 Å². The number of hydrogen-bond donors (Lipinski definition) is 2. The molecule has 0 bridgehead atoms. The summed E-state index contributed by atoms with van der Waals surface area (Å²) in [4.78, 5) is 6.30. The maximum absolute atomic E-state index is 11.7. The third kappa shape index (κ3) is 3.54. The average molecular weight is 257 g/mol. The molecule has 6 heteroatoms. The molecule has 0 radical (unpaired) electrons. The van der Waals surface area contributed by atoms with Crippen molar-refractivity contribution in [2.45, 2.75) is 43.6 Å². The summed E-state index contributed by atoms with van der Waals surface area (Å²) in [5.74, 6) is 0.812. The maximum atomic E-state index is 11.7. The molecule has 0 aromatic carbocycles. The first kappa shape index (κ1) is 12.6.